The van der Waals surface area contributed by atoms with Gasteiger partial charge in [0.1, 0.15) is 0 Å². The topological polar surface area (TPSA) is 99.4 Å². The largest absolute Gasteiger partial charge is 0.400 e. The Hall–Kier alpha value is 0.474. The Morgan fingerprint density at radius 3 is 0.846 bits per heavy atom. The Balaban J connectivity index is -0.0000000226. The fourth-order valence-corrected chi connectivity index (χ4v) is 0. The smallest absolute Gasteiger partial charge is 0.0791 e. The number of aliphatic hydroxyl groups is 2. The maximum absolute atomic E-state index is 7.38. The van der Waals surface area contributed by atoms with E-state index in [4.69, 9.17) is 20.7 Å². The summed E-state index contributed by atoms with van der Waals surface area (Å²) >= 11 is 0. The molecule has 7 heteroatoms. The average molecular weight is 236 g/mol. The molecule has 0 fully saturated rings. The number of hydrogen-bond acceptors (Lipinski definition) is 6. The monoisotopic (exact) mass is 236 g/mol. The zero-order valence-corrected chi connectivity index (χ0v) is 10.1. The molecule has 0 unspecified atom stereocenters. The molecule has 0 aromatic carbocycles. The van der Waals surface area contributed by atoms with E-state index >= 15 is 0 Å². The van der Waals surface area contributed by atoms with Crippen LogP contribution in [-0.4, -0.2) is 48.2 Å². The fraction of sp³-hybridized carbons (Fsp3) is 1.00. The van der Waals surface area contributed by atoms with Gasteiger partial charge in [0.05, 0.1) is 13.2 Å². The van der Waals surface area contributed by atoms with E-state index in [1.165, 1.54) is 0 Å². The van der Waals surface area contributed by atoms with Crippen molar-refractivity contribution in [3.8, 4) is 0 Å². The number of rotatable bonds is 2. The second-order valence-corrected chi connectivity index (χ2v) is 0.836. The molecule has 0 spiro atoms. The average Bonchev–Trinajstić information content (AvgIpc) is 2.23. The molecular weight excluding hydrogens is 216 g/mol. The molecule has 0 heterocycles. The van der Waals surface area contributed by atoms with Crippen molar-refractivity contribution in [3.63, 3.8) is 0 Å². The molecule has 0 saturated carbocycles. The first-order chi connectivity index (χ1) is 5.83. The van der Waals surface area contributed by atoms with Gasteiger partial charge in [-0.25, -0.2) is 9.78 Å². The molecule has 0 radical (unpaired) electrons. The van der Waals surface area contributed by atoms with Gasteiger partial charge in [-0.3, -0.25) is 10.5 Å². The van der Waals surface area contributed by atoms with Gasteiger partial charge in [-0.15, -0.1) is 0 Å². The van der Waals surface area contributed by atoms with Crippen molar-refractivity contribution < 1.29 is 52.2 Å². The summed E-state index contributed by atoms with van der Waals surface area (Å²) in [5.74, 6) is 0. The van der Waals surface area contributed by atoms with Crippen LogP contribution >= 0.6 is 0 Å². The van der Waals surface area contributed by atoms with Gasteiger partial charge in [-0.2, -0.15) is 0 Å². The van der Waals surface area contributed by atoms with E-state index in [1.807, 2.05) is 0 Å². The Morgan fingerprint density at radius 2 is 0.846 bits per heavy atom. The van der Waals surface area contributed by atoms with Gasteiger partial charge < -0.3 is 10.2 Å². The minimum atomic E-state index is 0. The van der Waals surface area contributed by atoms with Crippen molar-refractivity contribution in [1.82, 2.24) is 0 Å². The Kier molecular flexibility index (Phi) is 184. The predicted octanol–water partition coefficient (Wildman–Crippen LogP) is 0.206. The first-order valence-corrected chi connectivity index (χ1v) is 3.25. The zero-order valence-electron chi connectivity index (χ0n) is 8.52. The molecule has 0 aliphatic heterocycles. The van der Waals surface area contributed by atoms with Crippen LogP contribution in [0.1, 0.15) is 13.8 Å². The number of aliphatic hydroxyl groups excluding tert-OH is 2. The standard InChI is InChI=1S/2C2H6O2.2CH4O.Ti/c2*1-2-4-3;2*1-2;/h2*3H,2H2,1H3;2*2H,1H3;. The van der Waals surface area contributed by atoms with E-state index in [9.17, 15) is 0 Å². The van der Waals surface area contributed by atoms with E-state index < -0.39 is 0 Å². The van der Waals surface area contributed by atoms with Gasteiger partial charge in [0.15, 0.2) is 0 Å². The SMILES string of the molecule is CCOO.CCOO.CO.CO.[Ti]. The maximum atomic E-state index is 7.38. The third-order valence-electron chi connectivity index (χ3n) is 0.258. The van der Waals surface area contributed by atoms with Gasteiger partial charge in [0.25, 0.3) is 0 Å². The van der Waals surface area contributed by atoms with Crippen molar-refractivity contribution in [1.29, 1.82) is 0 Å². The summed E-state index contributed by atoms with van der Waals surface area (Å²) in [5.41, 5.74) is 0. The molecule has 13 heavy (non-hydrogen) atoms. The normalized spacial score (nSPS) is 5.54. The molecule has 0 saturated heterocycles. The van der Waals surface area contributed by atoms with Gasteiger partial charge in [0, 0.05) is 35.9 Å². The minimum Gasteiger partial charge on any atom is -0.400 e. The van der Waals surface area contributed by atoms with Crippen molar-refractivity contribution in [2.75, 3.05) is 27.4 Å². The Bertz CT molecular complexity index is 25.1. The van der Waals surface area contributed by atoms with Gasteiger partial charge in [0.2, 0.25) is 0 Å². The summed E-state index contributed by atoms with van der Waals surface area (Å²) in [6.45, 7) is 4.17. The molecular formula is C6H20O6Ti. The van der Waals surface area contributed by atoms with Gasteiger partial charge >= 0.3 is 0 Å². The molecule has 0 aromatic heterocycles. The van der Waals surface area contributed by atoms with Crippen LogP contribution in [0.15, 0.2) is 0 Å². The summed E-state index contributed by atoms with van der Waals surface area (Å²) < 4.78 is 0. The van der Waals surface area contributed by atoms with Crippen molar-refractivity contribution in [2.24, 2.45) is 0 Å². The molecule has 0 aliphatic rings. The second-order valence-electron chi connectivity index (χ2n) is 0.836. The van der Waals surface area contributed by atoms with Crippen LogP contribution in [0.25, 0.3) is 0 Å². The molecule has 84 valence electrons. The van der Waals surface area contributed by atoms with E-state index in [2.05, 4.69) is 9.78 Å². The van der Waals surface area contributed by atoms with Crippen molar-refractivity contribution in [3.05, 3.63) is 0 Å². The van der Waals surface area contributed by atoms with Gasteiger partial charge in [-0.1, -0.05) is 0 Å². The van der Waals surface area contributed by atoms with Crippen molar-refractivity contribution in [2.45, 2.75) is 13.8 Å². The van der Waals surface area contributed by atoms with E-state index in [0.717, 1.165) is 14.2 Å². The fourth-order valence-electron chi connectivity index (χ4n) is 0. The van der Waals surface area contributed by atoms with Gasteiger partial charge in [-0.05, 0) is 13.8 Å². The van der Waals surface area contributed by atoms with Crippen LogP contribution in [0, 0.1) is 0 Å². The summed E-state index contributed by atoms with van der Waals surface area (Å²) in [7, 11) is 2.00. The number of hydrogen-bond donors (Lipinski definition) is 4. The first kappa shape index (κ1) is 29.2. The molecule has 6 nitrogen and oxygen atoms in total. The zero-order chi connectivity index (χ0) is 10.8. The van der Waals surface area contributed by atoms with Crippen LogP contribution < -0.4 is 0 Å². The molecule has 0 bridgehead atoms. The molecule has 0 atom stereocenters. The minimum absolute atomic E-state index is 0. The third kappa shape index (κ3) is 224. The van der Waals surface area contributed by atoms with Crippen LogP contribution in [0.4, 0.5) is 0 Å². The van der Waals surface area contributed by atoms with Crippen LogP contribution in [-0.2, 0) is 31.5 Å². The first-order valence-electron chi connectivity index (χ1n) is 3.25. The van der Waals surface area contributed by atoms with E-state index in [-0.39, 0.29) is 21.7 Å². The summed E-state index contributed by atoms with van der Waals surface area (Å²) in [6, 6.07) is 0. The van der Waals surface area contributed by atoms with E-state index in [0.29, 0.717) is 13.2 Å². The van der Waals surface area contributed by atoms with Crippen LogP contribution in [0.3, 0.4) is 0 Å². The van der Waals surface area contributed by atoms with Crippen LogP contribution in [0.2, 0.25) is 0 Å². The summed E-state index contributed by atoms with van der Waals surface area (Å²) in [5, 5.41) is 28.8. The molecule has 0 rings (SSSR count). The predicted molar refractivity (Wildman–Crippen MR) is 44.8 cm³/mol. The molecule has 0 amide bonds. The summed E-state index contributed by atoms with van der Waals surface area (Å²) in [6.07, 6.45) is 0. The Labute approximate surface area is 93.9 Å². The summed E-state index contributed by atoms with van der Waals surface area (Å²) in [4.78, 5) is 7.08. The molecule has 4 N–H and O–H groups in total. The van der Waals surface area contributed by atoms with E-state index in [1.54, 1.807) is 13.8 Å². The van der Waals surface area contributed by atoms with Crippen LogP contribution in [0.5, 0.6) is 0 Å². The molecule has 0 aliphatic carbocycles. The quantitative estimate of drug-likeness (QED) is 0.310. The molecule has 0 aromatic rings. The van der Waals surface area contributed by atoms with Crippen molar-refractivity contribution >= 4 is 0 Å². The maximum Gasteiger partial charge on any atom is 0.0791 e. The second kappa shape index (κ2) is 82.0. The third-order valence-corrected chi connectivity index (χ3v) is 0.258. The Morgan fingerprint density at radius 1 is 0.769 bits per heavy atom.